The summed E-state index contributed by atoms with van der Waals surface area (Å²) in [5.41, 5.74) is 2.74. The van der Waals surface area contributed by atoms with Crippen molar-refractivity contribution in [1.82, 2.24) is 9.88 Å². The van der Waals surface area contributed by atoms with E-state index in [1.54, 1.807) is 30.3 Å². The minimum atomic E-state index is -1.11. The van der Waals surface area contributed by atoms with Gasteiger partial charge in [0.1, 0.15) is 18.5 Å². The predicted molar refractivity (Wildman–Crippen MR) is 146 cm³/mol. The van der Waals surface area contributed by atoms with E-state index in [-0.39, 0.29) is 31.9 Å². The Hall–Kier alpha value is -3.69. The number of thiazole rings is 1. The molecule has 38 heavy (non-hydrogen) atoms. The number of likely N-dealkylation sites (tertiary alicyclic amines) is 1. The number of aromatic nitrogens is 1. The molecule has 4 aromatic rings. The number of methoxy groups -OCH3 is 1. The fourth-order valence-electron chi connectivity index (χ4n) is 4.41. The van der Waals surface area contributed by atoms with E-state index < -0.39 is 18.2 Å². The summed E-state index contributed by atoms with van der Waals surface area (Å²) in [6.45, 7) is 0.175. The summed E-state index contributed by atoms with van der Waals surface area (Å²) in [5, 5.41) is 4.44. The summed E-state index contributed by atoms with van der Waals surface area (Å²) < 4.78 is 25.9. The second-order valence-electron chi connectivity index (χ2n) is 8.96. The molecule has 7 nitrogen and oxygen atoms in total. The number of nitrogens with zero attached hydrogens (tertiary/aromatic N) is 2. The standard InChI is InChI=1S/C28H25ClFN3O4S/c1-36-27(35)18-7-9-21(10-8-18)37-16-20-14-19(30)15-33(20)26(34)13-17-6-11-23(22(29)12-17)31-28-32-24-4-2-3-5-25(24)38-28/h2-12,19-20H,13-16H2,1H3,(H,31,32)/t19-,20-/m0/s1. The number of anilines is 2. The maximum Gasteiger partial charge on any atom is 0.337 e. The van der Waals surface area contributed by atoms with Crippen molar-refractivity contribution in [2.45, 2.75) is 25.1 Å². The van der Waals surface area contributed by atoms with Gasteiger partial charge in [0, 0.05) is 6.42 Å². The molecular formula is C28H25ClFN3O4S. The SMILES string of the molecule is COC(=O)c1ccc(OC[C@@H]2C[C@H](F)CN2C(=O)Cc2ccc(Nc3nc4ccccc4s3)c(Cl)c2)cc1. The fourth-order valence-corrected chi connectivity index (χ4v) is 5.54. The maximum atomic E-state index is 14.3. The average Bonchev–Trinajstić information content (AvgIpc) is 3.51. The van der Waals surface area contributed by atoms with Crippen LogP contribution in [0.2, 0.25) is 5.02 Å². The van der Waals surface area contributed by atoms with Crippen molar-refractivity contribution < 1.29 is 23.5 Å². The Bertz CT molecular complexity index is 1430. The first kappa shape index (κ1) is 25.9. The molecule has 1 aromatic heterocycles. The molecule has 3 aromatic carbocycles. The van der Waals surface area contributed by atoms with Crippen LogP contribution >= 0.6 is 22.9 Å². The lowest BCUT2D eigenvalue weighted by Crippen LogP contribution is -2.40. The number of fused-ring (bicyclic) bond motifs is 1. The fraction of sp³-hybridized carbons (Fsp3) is 0.250. The summed E-state index contributed by atoms with van der Waals surface area (Å²) in [7, 11) is 1.31. The van der Waals surface area contributed by atoms with E-state index in [0.29, 0.717) is 22.0 Å². The van der Waals surface area contributed by atoms with Crippen molar-refractivity contribution in [2.75, 3.05) is 25.6 Å². The number of benzene rings is 3. The Labute approximate surface area is 228 Å². The molecule has 0 saturated carbocycles. The number of halogens is 2. The molecular weight excluding hydrogens is 529 g/mol. The molecule has 0 unspecified atom stereocenters. The Kier molecular flexibility index (Phi) is 7.76. The molecule has 1 amide bonds. The Balaban J connectivity index is 1.20. The van der Waals surface area contributed by atoms with E-state index in [1.165, 1.54) is 23.3 Å². The lowest BCUT2D eigenvalue weighted by Gasteiger charge is -2.24. The third-order valence-electron chi connectivity index (χ3n) is 6.33. The molecule has 2 atom stereocenters. The number of nitrogens with one attached hydrogen (secondary N) is 1. The summed E-state index contributed by atoms with van der Waals surface area (Å²) >= 11 is 8.04. The molecule has 0 aliphatic carbocycles. The van der Waals surface area contributed by atoms with Gasteiger partial charge >= 0.3 is 5.97 Å². The van der Waals surface area contributed by atoms with Crippen LogP contribution in [0.3, 0.4) is 0 Å². The largest absolute Gasteiger partial charge is 0.491 e. The zero-order valence-corrected chi connectivity index (χ0v) is 22.1. The van der Waals surface area contributed by atoms with Crippen LogP contribution in [0.25, 0.3) is 10.2 Å². The summed E-state index contributed by atoms with van der Waals surface area (Å²) in [5.74, 6) is -0.108. The number of para-hydroxylation sites is 1. The Morgan fingerprint density at radius 2 is 1.95 bits per heavy atom. The lowest BCUT2D eigenvalue weighted by atomic mass is 10.1. The van der Waals surface area contributed by atoms with Gasteiger partial charge in [-0.1, -0.05) is 41.1 Å². The Morgan fingerprint density at radius 3 is 2.68 bits per heavy atom. The second-order valence-corrected chi connectivity index (χ2v) is 10.4. The van der Waals surface area contributed by atoms with E-state index in [0.717, 1.165) is 20.9 Å². The van der Waals surface area contributed by atoms with Gasteiger partial charge in [0.15, 0.2) is 5.13 Å². The van der Waals surface area contributed by atoms with E-state index >= 15 is 0 Å². The molecule has 2 heterocycles. The highest BCUT2D eigenvalue weighted by atomic mass is 35.5. The van der Waals surface area contributed by atoms with Gasteiger partial charge in [-0.25, -0.2) is 14.2 Å². The van der Waals surface area contributed by atoms with Crippen molar-refractivity contribution in [3.05, 3.63) is 82.9 Å². The van der Waals surface area contributed by atoms with Crippen LogP contribution in [0.4, 0.5) is 15.2 Å². The quantitative estimate of drug-likeness (QED) is 0.268. The molecule has 10 heteroatoms. The second kappa shape index (κ2) is 11.4. The number of carbonyl (C=O) groups is 2. The average molecular weight is 554 g/mol. The number of alkyl halides is 1. The van der Waals surface area contributed by atoms with Crippen LogP contribution in [0.15, 0.2) is 66.7 Å². The lowest BCUT2D eigenvalue weighted by molar-refractivity contribution is -0.132. The summed E-state index contributed by atoms with van der Waals surface area (Å²) in [6.07, 6.45) is -0.811. The number of ether oxygens (including phenoxy) is 2. The number of hydrogen-bond donors (Lipinski definition) is 1. The summed E-state index contributed by atoms with van der Waals surface area (Å²) in [4.78, 5) is 30.8. The van der Waals surface area contributed by atoms with Crippen molar-refractivity contribution in [2.24, 2.45) is 0 Å². The van der Waals surface area contributed by atoms with E-state index in [2.05, 4.69) is 10.3 Å². The summed E-state index contributed by atoms with van der Waals surface area (Å²) in [6, 6.07) is 19.3. The molecule has 0 bridgehead atoms. The van der Waals surface area contributed by atoms with Gasteiger partial charge in [-0.15, -0.1) is 0 Å². The molecule has 1 fully saturated rings. The van der Waals surface area contributed by atoms with Gasteiger partial charge in [-0.3, -0.25) is 4.79 Å². The van der Waals surface area contributed by atoms with Crippen LogP contribution < -0.4 is 10.1 Å². The molecule has 0 spiro atoms. The zero-order valence-electron chi connectivity index (χ0n) is 20.5. The number of carbonyl (C=O) groups excluding carboxylic acids is 2. The van der Waals surface area contributed by atoms with Crippen LogP contribution in [0.5, 0.6) is 5.75 Å². The topological polar surface area (TPSA) is 80.8 Å². The van der Waals surface area contributed by atoms with Crippen LogP contribution in [0, 0.1) is 0 Å². The highest BCUT2D eigenvalue weighted by molar-refractivity contribution is 7.22. The van der Waals surface area contributed by atoms with E-state index in [9.17, 15) is 14.0 Å². The van der Waals surface area contributed by atoms with Gasteiger partial charge in [0.05, 0.1) is 52.6 Å². The minimum Gasteiger partial charge on any atom is -0.491 e. The van der Waals surface area contributed by atoms with Crippen LogP contribution in [-0.2, 0) is 16.0 Å². The monoisotopic (exact) mass is 553 g/mol. The van der Waals surface area contributed by atoms with E-state index in [4.69, 9.17) is 21.1 Å². The van der Waals surface area contributed by atoms with Gasteiger partial charge in [-0.05, 0) is 54.1 Å². The predicted octanol–water partition coefficient (Wildman–Crippen LogP) is 6.04. The highest BCUT2D eigenvalue weighted by Gasteiger charge is 2.35. The van der Waals surface area contributed by atoms with Crippen LogP contribution in [-0.4, -0.2) is 54.2 Å². The number of esters is 1. The molecule has 5 rings (SSSR count). The van der Waals surface area contributed by atoms with Crippen LogP contribution in [0.1, 0.15) is 22.3 Å². The number of amides is 1. The minimum absolute atomic E-state index is 0.0269. The first-order chi connectivity index (χ1) is 18.4. The number of rotatable bonds is 8. The Morgan fingerprint density at radius 1 is 1.16 bits per heavy atom. The van der Waals surface area contributed by atoms with Crippen molar-refractivity contribution in [1.29, 1.82) is 0 Å². The van der Waals surface area contributed by atoms with Crippen molar-refractivity contribution in [3.63, 3.8) is 0 Å². The van der Waals surface area contributed by atoms with E-state index in [1.807, 2.05) is 36.4 Å². The van der Waals surface area contributed by atoms with Gasteiger partial charge < -0.3 is 19.7 Å². The zero-order chi connectivity index (χ0) is 26.6. The third kappa shape index (κ3) is 5.89. The van der Waals surface area contributed by atoms with Gasteiger partial charge in [0.25, 0.3) is 0 Å². The van der Waals surface area contributed by atoms with Gasteiger partial charge in [0.2, 0.25) is 5.91 Å². The highest BCUT2D eigenvalue weighted by Crippen LogP contribution is 2.32. The van der Waals surface area contributed by atoms with Crippen molar-refractivity contribution in [3.8, 4) is 5.75 Å². The van der Waals surface area contributed by atoms with Crippen molar-refractivity contribution >= 4 is 55.8 Å². The van der Waals surface area contributed by atoms with Gasteiger partial charge in [-0.2, -0.15) is 0 Å². The smallest absolute Gasteiger partial charge is 0.337 e. The molecule has 0 radical (unpaired) electrons. The third-order valence-corrected chi connectivity index (χ3v) is 7.59. The maximum absolute atomic E-state index is 14.3. The molecule has 1 saturated heterocycles. The first-order valence-corrected chi connectivity index (χ1v) is 13.2. The molecule has 1 aliphatic heterocycles. The molecule has 1 N–H and O–H groups in total. The number of hydrogen-bond acceptors (Lipinski definition) is 7. The molecule has 1 aliphatic rings. The normalized spacial score (nSPS) is 17.0. The first-order valence-electron chi connectivity index (χ1n) is 12.1. The molecule has 196 valence electrons.